The molecule has 0 bridgehead atoms. The first-order valence-electron chi connectivity index (χ1n) is 13.5. The lowest BCUT2D eigenvalue weighted by Crippen LogP contribution is -2.37. The second-order valence-corrected chi connectivity index (χ2v) is 12.5. The van der Waals surface area contributed by atoms with Crippen molar-refractivity contribution in [1.29, 1.82) is 0 Å². The Hall–Kier alpha value is -3.28. The van der Waals surface area contributed by atoms with E-state index in [1.54, 1.807) is 49.0 Å². The molecule has 0 saturated carbocycles. The zero-order valence-electron chi connectivity index (χ0n) is 24.0. The van der Waals surface area contributed by atoms with Crippen LogP contribution in [-0.4, -0.2) is 53.4 Å². The number of aromatic nitrogens is 3. The number of rotatable bonds is 10. The number of ether oxygens (including phenoxy) is 3. The first-order chi connectivity index (χ1) is 19.0. The molecule has 40 heavy (non-hydrogen) atoms. The number of para-hydroxylation sites is 1. The van der Waals surface area contributed by atoms with Crippen molar-refractivity contribution in [2.24, 2.45) is 5.41 Å². The Kier molecular flexibility index (Phi) is 8.96. The van der Waals surface area contributed by atoms with Gasteiger partial charge in [-0.1, -0.05) is 42.5 Å². The number of hydrogen-bond donors (Lipinski definition) is 0. The van der Waals surface area contributed by atoms with Gasteiger partial charge in [-0.3, -0.25) is 9.48 Å². The van der Waals surface area contributed by atoms with Crippen molar-refractivity contribution in [3.63, 3.8) is 0 Å². The van der Waals surface area contributed by atoms with Crippen molar-refractivity contribution < 1.29 is 27.4 Å². The minimum atomic E-state index is -3.82. The number of hydrogen-bond acceptors (Lipinski definition) is 8. The average molecular weight is 571 g/mol. The first-order valence-corrected chi connectivity index (χ1v) is 14.9. The van der Waals surface area contributed by atoms with Gasteiger partial charge in [-0.25, -0.2) is 8.42 Å². The normalized spacial score (nSPS) is 17.9. The van der Waals surface area contributed by atoms with Gasteiger partial charge in [0.1, 0.15) is 22.4 Å². The predicted octanol–water partition coefficient (Wildman–Crippen LogP) is 4.43. The van der Waals surface area contributed by atoms with Gasteiger partial charge in [0.15, 0.2) is 0 Å². The molecule has 0 N–H and O–H groups in total. The molecule has 2 heterocycles. The molecule has 11 heteroatoms. The fraction of sp³-hybridized carbons (Fsp3) is 0.483. The van der Waals surface area contributed by atoms with Crippen LogP contribution < -0.4 is 4.74 Å². The summed E-state index contributed by atoms with van der Waals surface area (Å²) in [5, 5.41) is 8.22. The van der Waals surface area contributed by atoms with E-state index in [1.807, 2.05) is 39.0 Å². The van der Waals surface area contributed by atoms with E-state index in [1.165, 1.54) is 11.4 Å². The topological polar surface area (TPSA) is 113 Å². The van der Waals surface area contributed by atoms with Crippen molar-refractivity contribution >= 4 is 16.0 Å². The standard InChI is InChI=1S/C29H38N4O6S/c1-7-24-18-33(40(35,36)26-12-10-9-11-25(26)39-24)16-22-15-21(14-13-20(22)3)27(29(4,5)28(34)37-6)38-19-23-17-32(8-2)31-30-23/h9-15,17,24,27H,7-8,16,18-19H2,1-6H3/t24-,27+/m1/s1. The van der Waals surface area contributed by atoms with Crippen LogP contribution in [0.1, 0.15) is 62.6 Å². The Morgan fingerprint density at radius 1 is 1.20 bits per heavy atom. The molecule has 0 radical (unpaired) electrons. The zero-order chi connectivity index (χ0) is 29.1. The van der Waals surface area contributed by atoms with Crippen LogP contribution in [0.4, 0.5) is 0 Å². The Bertz CT molecular complexity index is 1450. The number of nitrogens with zero attached hydrogens (tertiary/aromatic N) is 4. The molecule has 1 aromatic heterocycles. The van der Waals surface area contributed by atoms with Crippen LogP contribution in [0.3, 0.4) is 0 Å². The third kappa shape index (κ3) is 6.06. The molecule has 1 aliphatic rings. The van der Waals surface area contributed by atoms with Gasteiger partial charge < -0.3 is 14.2 Å². The molecule has 10 nitrogen and oxygen atoms in total. The third-order valence-electron chi connectivity index (χ3n) is 7.32. The SMILES string of the molecule is CC[C@@H]1CN(Cc2cc([C@H](OCc3cn(CC)nn3)C(C)(C)C(=O)OC)ccc2C)S(=O)(=O)c2ccccc2O1. The maximum absolute atomic E-state index is 13.7. The van der Waals surface area contributed by atoms with Crippen molar-refractivity contribution in [2.45, 2.75) is 77.8 Å². The lowest BCUT2D eigenvalue weighted by molar-refractivity contribution is -0.162. The van der Waals surface area contributed by atoms with Crippen molar-refractivity contribution in [1.82, 2.24) is 19.3 Å². The smallest absolute Gasteiger partial charge is 0.314 e. The van der Waals surface area contributed by atoms with Gasteiger partial charge in [-0.15, -0.1) is 5.10 Å². The predicted molar refractivity (Wildman–Crippen MR) is 149 cm³/mol. The molecule has 216 valence electrons. The van der Waals surface area contributed by atoms with E-state index in [2.05, 4.69) is 10.3 Å². The van der Waals surface area contributed by atoms with Gasteiger partial charge >= 0.3 is 5.97 Å². The number of aryl methyl sites for hydroxylation is 2. The number of methoxy groups -OCH3 is 1. The summed E-state index contributed by atoms with van der Waals surface area (Å²) in [5.74, 6) is -0.0536. The lowest BCUT2D eigenvalue weighted by Gasteiger charge is -2.32. The van der Waals surface area contributed by atoms with Crippen LogP contribution in [0.5, 0.6) is 5.75 Å². The van der Waals surface area contributed by atoms with Gasteiger partial charge in [0.25, 0.3) is 0 Å². The highest BCUT2D eigenvalue weighted by Crippen LogP contribution is 2.40. The number of esters is 1. The van der Waals surface area contributed by atoms with E-state index in [4.69, 9.17) is 14.2 Å². The highest BCUT2D eigenvalue weighted by atomic mass is 32.2. The Balaban J connectivity index is 1.69. The number of carbonyl (C=O) groups is 1. The number of benzene rings is 2. The molecule has 3 aromatic rings. The maximum Gasteiger partial charge on any atom is 0.314 e. The van der Waals surface area contributed by atoms with E-state index in [-0.39, 0.29) is 30.7 Å². The molecule has 0 aliphatic carbocycles. The van der Waals surface area contributed by atoms with Gasteiger partial charge in [-0.05, 0) is 62.9 Å². The third-order valence-corrected chi connectivity index (χ3v) is 9.17. The van der Waals surface area contributed by atoms with Gasteiger partial charge in [0.05, 0.1) is 38.0 Å². The van der Waals surface area contributed by atoms with Gasteiger partial charge in [0.2, 0.25) is 10.0 Å². The maximum atomic E-state index is 13.7. The van der Waals surface area contributed by atoms with Crippen molar-refractivity contribution in [3.8, 4) is 5.75 Å². The molecule has 2 atom stereocenters. The Morgan fingerprint density at radius 3 is 2.62 bits per heavy atom. The molecular weight excluding hydrogens is 532 g/mol. The fourth-order valence-corrected chi connectivity index (χ4v) is 6.41. The Morgan fingerprint density at radius 2 is 1.95 bits per heavy atom. The summed E-state index contributed by atoms with van der Waals surface area (Å²) in [7, 11) is -2.47. The highest BCUT2D eigenvalue weighted by Gasteiger charge is 2.41. The fourth-order valence-electron chi connectivity index (χ4n) is 4.84. The lowest BCUT2D eigenvalue weighted by atomic mass is 9.81. The van der Waals surface area contributed by atoms with E-state index in [0.717, 1.165) is 16.7 Å². The van der Waals surface area contributed by atoms with E-state index < -0.39 is 27.5 Å². The number of carbonyl (C=O) groups excluding carboxylic acids is 1. The second-order valence-electron chi connectivity index (χ2n) is 10.5. The monoisotopic (exact) mass is 570 g/mol. The number of sulfonamides is 1. The molecule has 1 aliphatic heterocycles. The van der Waals surface area contributed by atoms with Crippen LogP contribution in [0, 0.1) is 12.3 Å². The van der Waals surface area contributed by atoms with E-state index >= 15 is 0 Å². The minimum Gasteiger partial charge on any atom is -0.488 e. The van der Waals surface area contributed by atoms with Crippen LogP contribution in [0.25, 0.3) is 0 Å². The summed E-state index contributed by atoms with van der Waals surface area (Å²) in [4.78, 5) is 13.0. The zero-order valence-corrected chi connectivity index (χ0v) is 24.8. The summed E-state index contributed by atoms with van der Waals surface area (Å²) in [6, 6.07) is 12.5. The number of fused-ring (bicyclic) bond motifs is 1. The first kappa shape index (κ1) is 29.7. The quantitative estimate of drug-likeness (QED) is 0.329. The summed E-state index contributed by atoms with van der Waals surface area (Å²) < 4.78 is 48.2. The molecule has 0 fully saturated rings. The molecular formula is C29H38N4O6S. The molecule has 2 aromatic carbocycles. The molecule has 0 spiro atoms. The van der Waals surface area contributed by atoms with Crippen molar-refractivity contribution in [3.05, 3.63) is 71.0 Å². The minimum absolute atomic E-state index is 0.140. The van der Waals surface area contributed by atoms with Gasteiger partial charge in [-0.2, -0.15) is 4.31 Å². The summed E-state index contributed by atoms with van der Waals surface area (Å²) in [6.07, 6.45) is 1.48. The molecule has 0 amide bonds. The van der Waals surface area contributed by atoms with E-state index in [9.17, 15) is 13.2 Å². The highest BCUT2D eigenvalue weighted by molar-refractivity contribution is 7.89. The van der Waals surface area contributed by atoms with Crippen LogP contribution in [-0.2, 0) is 44.0 Å². The largest absolute Gasteiger partial charge is 0.488 e. The van der Waals surface area contributed by atoms with Crippen LogP contribution in [0.15, 0.2) is 53.6 Å². The van der Waals surface area contributed by atoms with Crippen LogP contribution >= 0.6 is 0 Å². The van der Waals surface area contributed by atoms with Gasteiger partial charge in [0, 0.05) is 13.1 Å². The molecule has 0 unspecified atom stereocenters. The molecule has 0 saturated heterocycles. The molecule has 4 rings (SSSR count). The van der Waals surface area contributed by atoms with Crippen LogP contribution in [0.2, 0.25) is 0 Å². The van der Waals surface area contributed by atoms with E-state index in [0.29, 0.717) is 24.4 Å². The second kappa shape index (κ2) is 12.1. The Labute approximate surface area is 236 Å². The summed E-state index contributed by atoms with van der Waals surface area (Å²) in [5.41, 5.74) is 2.05. The van der Waals surface area contributed by atoms with Crippen molar-refractivity contribution in [2.75, 3.05) is 13.7 Å². The average Bonchev–Trinajstić information content (AvgIpc) is 3.37. The summed E-state index contributed by atoms with van der Waals surface area (Å²) in [6.45, 7) is 10.6. The summed E-state index contributed by atoms with van der Waals surface area (Å²) >= 11 is 0.